The average molecular weight is 424 g/mol. The molecule has 7 heteroatoms. The zero-order chi connectivity index (χ0) is 21.0. The van der Waals surface area contributed by atoms with Crippen molar-refractivity contribution in [2.24, 2.45) is 23.7 Å². The van der Waals surface area contributed by atoms with Crippen molar-refractivity contribution in [1.82, 2.24) is 25.1 Å². The van der Waals surface area contributed by atoms with Gasteiger partial charge in [-0.1, -0.05) is 12.8 Å². The Morgan fingerprint density at radius 3 is 2.55 bits per heavy atom. The highest BCUT2D eigenvalue weighted by atomic mass is 16.5. The molecule has 3 fully saturated rings. The number of hydrogen-bond acceptors (Lipinski definition) is 5. The summed E-state index contributed by atoms with van der Waals surface area (Å²) < 4.78 is 7.59. The highest BCUT2D eigenvalue weighted by Crippen LogP contribution is 2.49. The van der Waals surface area contributed by atoms with Gasteiger partial charge in [0.1, 0.15) is 12.1 Å². The Labute approximate surface area is 184 Å². The van der Waals surface area contributed by atoms with Crippen LogP contribution in [0.2, 0.25) is 0 Å². The zero-order valence-electron chi connectivity index (χ0n) is 18.2. The Kier molecular flexibility index (Phi) is 6.18. The summed E-state index contributed by atoms with van der Waals surface area (Å²) >= 11 is 0. The number of nitrogens with zero attached hydrogens (tertiary/aromatic N) is 5. The van der Waals surface area contributed by atoms with Crippen LogP contribution >= 0.6 is 0 Å². The highest BCUT2D eigenvalue weighted by Gasteiger charge is 2.43. The van der Waals surface area contributed by atoms with Gasteiger partial charge in [-0.25, -0.2) is 4.68 Å². The lowest BCUT2D eigenvalue weighted by atomic mass is 9.90. The SMILES string of the molecule is O=C(CC1CCCC1)N1CCC(C2CC2CCOc2ccc(-n3cnnn3)cc2)CC1. The Balaban J connectivity index is 0.993. The number of aromatic nitrogens is 4. The van der Waals surface area contributed by atoms with Gasteiger partial charge in [-0.2, -0.15) is 0 Å². The molecule has 31 heavy (non-hydrogen) atoms. The zero-order valence-corrected chi connectivity index (χ0v) is 18.2. The van der Waals surface area contributed by atoms with Gasteiger partial charge in [-0.15, -0.1) is 5.10 Å². The van der Waals surface area contributed by atoms with Crippen molar-refractivity contribution in [1.29, 1.82) is 0 Å². The average Bonchev–Trinajstić information content (AvgIpc) is 3.17. The second-order valence-corrected chi connectivity index (χ2v) is 9.62. The smallest absolute Gasteiger partial charge is 0.222 e. The van der Waals surface area contributed by atoms with Crippen LogP contribution in [0.1, 0.15) is 57.8 Å². The number of carbonyl (C=O) groups is 1. The van der Waals surface area contributed by atoms with Crippen LogP contribution in [0.25, 0.3) is 5.69 Å². The molecule has 1 aliphatic heterocycles. The minimum atomic E-state index is 0.414. The third-order valence-electron chi connectivity index (χ3n) is 7.62. The molecule has 0 N–H and O–H groups in total. The standard InChI is InChI=1S/C24H33N5O2/c30-24(15-18-3-1-2-4-18)28-12-9-19(10-13-28)23-16-20(23)11-14-31-22-7-5-21(6-8-22)29-17-25-26-27-29/h5-8,17-20,23H,1-4,9-16H2. The monoisotopic (exact) mass is 423 g/mol. The van der Waals surface area contributed by atoms with E-state index in [-0.39, 0.29) is 0 Å². The number of ether oxygens (including phenoxy) is 1. The number of tetrazole rings is 1. The second-order valence-electron chi connectivity index (χ2n) is 9.62. The van der Waals surface area contributed by atoms with Crippen molar-refractivity contribution in [2.75, 3.05) is 19.7 Å². The van der Waals surface area contributed by atoms with Gasteiger partial charge in [-0.3, -0.25) is 4.79 Å². The summed E-state index contributed by atoms with van der Waals surface area (Å²) in [4.78, 5) is 14.7. The van der Waals surface area contributed by atoms with Crippen LogP contribution in [-0.4, -0.2) is 50.7 Å². The first-order valence-corrected chi connectivity index (χ1v) is 12.0. The van der Waals surface area contributed by atoms with E-state index in [1.165, 1.54) is 44.9 Å². The van der Waals surface area contributed by atoms with Gasteiger partial charge >= 0.3 is 0 Å². The summed E-state index contributed by atoms with van der Waals surface area (Å²) in [6.07, 6.45) is 12.4. The van der Waals surface area contributed by atoms with Crippen LogP contribution in [-0.2, 0) is 4.79 Å². The van der Waals surface area contributed by atoms with Crippen LogP contribution < -0.4 is 4.74 Å². The van der Waals surface area contributed by atoms with E-state index in [9.17, 15) is 4.79 Å². The molecule has 1 saturated heterocycles. The number of hydrogen-bond donors (Lipinski definition) is 0. The van der Waals surface area contributed by atoms with Crippen molar-refractivity contribution in [3.63, 3.8) is 0 Å². The van der Waals surface area contributed by atoms with E-state index in [4.69, 9.17) is 4.74 Å². The minimum absolute atomic E-state index is 0.414. The van der Waals surface area contributed by atoms with Crippen molar-refractivity contribution >= 4 is 5.91 Å². The molecule has 3 aliphatic rings. The fourth-order valence-corrected chi connectivity index (χ4v) is 5.65. The van der Waals surface area contributed by atoms with Gasteiger partial charge in [0.15, 0.2) is 0 Å². The molecule has 5 rings (SSSR count). The first-order chi connectivity index (χ1) is 15.3. The molecule has 2 unspecified atom stereocenters. The van der Waals surface area contributed by atoms with Gasteiger partial charge in [-0.05, 0) is 96.9 Å². The van der Waals surface area contributed by atoms with Gasteiger partial charge in [0.2, 0.25) is 5.91 Å². The molecule has 2 atom stereocenters. The molecule has 0 spiro atoms. The van der Waals surface area contributed by atoms with E-state index in [0.29, 0.717) is 11.8 Å². The topological polar surface area (TPSA) is 73.1 Å². The fourth-order valence-electron chi connectivity index (χ4n) is 5.65. The molecule has 1 aromatic heterocycles. The summed E-state index contributed by atoms with van der Waals surface area (Å²) in [5, 5.41) is 11.2. The fraction of sp³-hybridized carbons (Fsp3) is 0.667. The molecule has 2 heterocycles. The van der Waals surface area contributed by atoms with Gasteiger partial charge in [0, 0.05) is 19.5 Å². The summed E-state index contributed by atoms with van der Waals surface area (Å²) in [7, 11) is 0. The summed E-state index contributed by atoms with van der Waals surface area (Å²) in [5.41, 5.74) is 0.924. The summed E-state index contributed by atoms with van der Waals surface area (Å²) in [5.74, 6) is 4.41. The largest absolute Gasteiger partial charge is 0.494 e. The normalized spacial score (nSPS) is 24.5. The Hall–Kier alpha value is -2.44. The summed E-state index contributed by atoms with van der Waals surface area (Å²) in [6, 6.07) is 7.88. The third-order valence-corrected chi connectivity index (χ3v) is 7.62. The second kappa shape index (κ2) is 9.37. The Morgan fingerprint density at radius 2 is 1.84 bits per heavy atom. The van der Waals surface area contributed by atoms with Crippen LogP contribution in [0.15, 0.2) is 30.6 Å². The number of amides is 1. The van der Waals surface area contributed by atoms with Crippen molar-refractivity contribution < 1.29 is 9.53 Å². The third kappa shape index (κ3) is 5.08. The van der Waals surface area contributed by atoms with E-state index in [2.05, 4.69) is 20.4 Å². The van der Waals surface area contributed by atoms with Crippen LogP contribution in [0.4, 0.5) is 0 Å². The van der Waals surface area contributed by atoms with E-state index < -0.39 is 0 Å². The molecule has 0 bridgehead atoms. The number of rotatable bonds is 8. The number of piperidine rings is 1. The molecular formula is C24H33N5O2. The van der Waals surface area contributed by atoms with Gasteiger partial charge < -0.3 is 9.64 Å². The molecule has 7 nitrogen and oxygen atoms in total. The van der Waals surface area contributed by atoms with Gasteiger partial charge in [0.25, 0.3) is 0 Å². The lowest BCUT2D eigenvalue weighted by Crippen LogP contribution is -2.39. The number of carbonyl (C=O) groups excluding carboxylic acids is 1. The minimum Gasteiger partial charge on any atom is -0.494 e. The van der Waals surface area contributed by atoms with Crippen molar-refractivity contribution in [3.05, 3.63) is 30.6 Å². The number of benzene rings is 1. The van der Waals surface area contributed by atoms with Crippen molar-refractivity contribution in [3.8, 4) is 11.4 Å². The molecule has 1 aromatic carbocycles. The lowest BCUT2D eigenvalue weighted by Gasteiger charge is -2.33. The molecule has 2 aliphatic carbocycles. The molecule has 0 radical (unpaired) electrons. The molecule has 166 valence electrons. The predicted molar refractivity (Wildman–Crippen MR) is 117 cm³/mol. The molecular weight excluding hydrogens is 390 g/mol. The van der Waals surface area contributed by atoms with Crippen LogP contribution in [0, 0.1) is 23.7 Å². The number of likely N-dealkylation sites (tertiary alicyclic amines) is 1. The van der Waals surface area contributed by atoms with E-state index >= 15 is 0 Å². The molecule has 2 aromatic rings. The lowest BCUT2D eigenvalue weighted by molar-refractivity contribution is -0.133. The highest BCUT2D eigenvalue weighted by molar-refractivity contribution is 5.76. The quantitative estimate of drug-likeness (QED) is 0.644. The van der Waals surface area contributed by atoms with Crippen molar-refractivity contribution in [2.45, 2.75) is 57.8 Å². The predicted octanol–water partition coefficient (Wildman–Crippen LogP) is 3.89. The van der Waals surface area contributed by atoms with Gasteiger partial charge in [0.05, 0.1) is 12.3 Å². The molecule has 2 saturated carbocycles. The maximum Gasteiger partial charge on any atom is 0.222 e. The van der Waals surface area contributed by atoms with E-state index in [1.54, 1.807) is 11.0 Å². The summed E-state index contributed by atoms with van der Waals surface area (Å²) in [6.45, 7) is 2.72. The maximum absolute atomic E-state index is 12.6. The Bertz CT molecular complexity index is 839. The maximum atomic E-state index is 12.6. The van der Waals surface area contributed by atoms with E-state index in [1.807, 2.05) is 24.3 Å². The first kappa shape index (κ1) is 20.5. The van der Waals surface area contributed by atoms with E-state index in [0.717, 1.165) is 61.7 Å². The van der Waals surface area contributed by atoms with Crippen LogP contribution in [0.5, 0.6) is 5.75 Å². The Morgan fingerprint density at radius 1 is 1.06 bits per heavy atom. The van der Waals surface area contributed by atoms with Crippen LogP contribution in [0.3, 0.4) is 0 Å². The molecule has 1 amide bonds. The first-order valence-electron chi connectivity index (χ1n) is 12.0.